The predicted molar refractivity (Wildman–Crippen MR) is 65.9 cm³/mol. The molecule has 0 fully saturated rings. The second-order valence-electron chi connectivity index (χ2n) is 3.63. The molecular formula is C10H17NO3S2. The third-order valence-corrected chi connectivity index (χ3v) is 4.89. The molecule has 1 aromatic heterocycles. The fraction of sp³-hybridized carbons (Fsp3) is 0.600. The lowest BCUT2D eigenvalue weighted by atomic mass is 10.3. The third-order valence-electron chi connectivity index (χ3n) is 2.27. The maximum atomic E-state index is 11.8. The zero-order chi connectivity index (χ0) is 12.0. The van der Waals surface area contributed by atoms with Crippen molar-refractivity contribution in [2.24, 2.45) is 0 Å². The highest BCUT2D eigenvalue weighted by Crippen LogP contribution is 2.11. The first-order chi connectivity index (χ1) is 7.56. The fourth-order valence-electron chi connectivity index (χ4n) is 1.29. The van der Waals surface area contributed by atoms with Crippen LogP contribution in [0.5, 0.6) is 0 Å². The lowest BCUT2D eigenvalue weighted by molar-refractivity contribution is 0.287. The molecule has 1 N–H and O–H groups in total. The Labute approximate surface area is 101 Å². The molecule has 0 spiro atoms. The van der Waals surface area contributed by atoms with Gasteiger partial charge in [0, 0.05) is 20.2 Å². The normalized spacial score (nSPS) is 12.2. The highest BCUT2D eigenvalue weighted by atomic mass is 32.2. The first-order valence-electron chi connectivity index (χ1n) is 5.12. The summed E-state index contributed by atoms with van der Waals surface area (Å²) < 4.78 is 24.9. The van der Waals surface area contributed by atoms with Crippen LogP contribution in [0.15, 0.2) is 16.8 Å². The van der Waals surface area contributed by atoms with Gasteiger partial charge in [-0.2, -0.15) is 11.3 Å². The van der Waals surface area contributed by atoms with Crippen LogP contribution in [0.3, 0.4) is 0 Å². The van der Waals surface area contributed by atoms with Crippen LogP contribution >= 0.6 is 11.3 Å². The van der Waals surface area contributed by atoms with E-state index in [0.29, 0.717) is 19.4 Å². The Morgan fingerprint density at radius 2 is 2.19 bits per heavy atom. The smallest absolute Gasteiger partial charge is 0.214 e. The highest BCUT2D eigenvalue weighted by molar-refractivity contribution is 7.89. The maximum Gasteiger partial charge on any atom is 0.214 e. The van der Waals surface area contributed by atoms with Crippen molar-refractivity contribution in [3.63, 3.8) is 0 Å². The molecule has 92 valence electrons. The van der Waals surface area contributed by atoms with Crippen LogP contribution in [0.1, 0.15) is 18.4 Å². The van der Waals surface area contributed by atoms with E-state index in [4.69, 9.17) is 5.11 Å². The second kappa shape index (κ2) is 6.34. The number of nitrogens with zero attached hydrogens (tertiary/aromatic N) is 1. The van der Waals surface area contributed by atoms with E-state index in [-0.39, 0.29) is 12.4 Å². The molecule has 0 aliphatic heterocycles. The Hall–Kier alpha value is -0.430. The Morgan fingerprint density at radius 3 is 2.75 bits per heavy atom. The topological polar surface area (TPSA) is 57.6 Å². The van der Waals surface area contributed by atoms with Crippen LogP contribution in [0, 0.1) is 0 Å². The number of aliphatic hydroxyl groups is 1. The van der Waals surface area contributed by atoms with Gasteiger partial charge >= 0.3 is 0 Å². The van der Waals surface area contributed by atoms with Crippen LogP contribution in [0.4, 0.5) is 0 Å². The summed E-state index contributed by atoms with van der Waals surface area (Å²) in [5.74, 6) is 0.105. The summed E-state index contributed by atoms with van der Waals surface area (Å²) in [7, 11) is -1.59. The van der Waals surface area contributed by atoms with E-state index in [0.717, 1.165) is 5.56 Å². The van der Waals surface area contributed by atoms with E-state index >= 15 is 0 Å². The lowest BCUT2D eigenvalue weighted by Crippen LogP contribution is -2.28. The van der Waals surface area contributed by atoms with Crippen LogP contribution in [-0.2, 0) is 16.6 Å². The number of hydrogen-bond acceptors (Lipinski definition) is 4. The average molecular weight is 263 g/mol. The first-order valence-corrected chi connectivity index (χ1v) is 7.67. The van der Waals surface area contributed by atoms with Crippen molar-refractivity contribution in [2.45, 2.75) is 19.4 Å². The van der Waals surface area contributed by atoms with Crippen LogP contribution in [0.25, 0.3) is 0 Å². The Kier molecular flexibility index (Phi) is 5.40. The molecule has 4 nitrogen and oxygen atoms in total. The van der Waals surface area contributed by atoms with Gasteiger partial charge in [0.25, 0.3) is 0 Å². The van der Waals surface area contributed by atoms with Gasteiger partial charge in [-0.3, -0.25) is 0 Å². The van der Waals surface area contributed by atoms with Gasteiger partial charge in [-0.25, -0.2) is 12.7 Å². The number of hydrogen-bond donors (Lipinski definition) is 1. The van der Waals surface area contributed by atoms with Crippen molar-refractivity contribution in [2.75, 3.05) is 19.4 Å². The van der Waals surface area contributed by atoms with Crippen LogP contribution < -0.4 is 0 Å². The predicted octanol–water partition coefficient (Wildman–Crippen LogP) is 1.28. The number of unbranched alkanes of at least 4 members (excludes halogenated alkanes) is 1. The van der Waals surface area contributed by atoms with Crippen LogP contribution in [-0.4, -0.2) is 37.2 Å². The maximum absolute atomic E-state index is 11.8. The van der Waals surface area contributed by atoms with Crippen molar-refractivity contribution in [1.82, 2.24) is 4.31 Å². The molecule has 0 aliphatic rings. The molecule has 6 heteroatoms. The third kappa shape index (κ3) is 4.21. The molecule has 0 saturated heterocycles. The van der Waals surface area contributed by atoms with Crippen molar-refractivity contribution in [3.8, 4) is 0 Å². The molecule has 0 aromatic carbocycles. The van der Waals surface area contributed by atoms with Crippen molar-refractivity contribution in [3.05, 3.63) is 22.4 Å². The summed E-state index contributed by atoms with van der Waals surface area (Å²) in [5, 5.41) is 12.5. The standard InChI is InChI=1S/C10H17NO3S2/c1-11(8-10-4-6-15-9-10)16(13,14)7-3-2-5-12/h4,6,9,12H,2-3,5,7-8H2,1H3. The molecule has 0 atom stereocenters. The van der Waals surface area contributed by atoms with E-state index in [1.807, 2.05) is 16.8 Å². The van der Waals surface area contributed by atoms with Crippen molar-refractivity contribution in [1.29, 1.82) is 0 Å². The zero-order valence-electron chi connectivity index (χ0n) is 9.30. The highest BCUT2D eigenvalue weighted by Gasteiger charge is 2.17. The molecule has 1 rings (SSSR count). The molecule has 0 radical (unpaired) electrons. The Balaban J connectivity index is 2.48. The van der Waals surface area contributed by atoms with Crippen LogP contribution in [0.2, 0.25) is 0 Å². The SMILES string of the molecule is CN(Cc1ccsc1)S(=O)(=O)CCCCO. The van der Waals surface area contributed by atoms with Gasteiger partial charge in [0.1, 0.15) is 0 Å². The molecule has 16 heavy (non-hydrogen) atoms. The summed E-state index contributed by atoms with van der Waals surface area (Å²) in [4.78, 5) is 0. The minimum absolute atomic E-state index is 0.0454. The monoisotopic (exact) mass is 263 g/mol. The van der Waals surface area contributed by atoms with Crippen molar-refractivity contribution < 1.29 is 13.5 Å². The molecule has 1 heterocycles. The van der Waals surface area contributed by atoms with Gasteiger partial charge in [0.2, 0.25) is 10.0 Å². The summed E-state index contributed by atoms with van der Waals surface area (Å²) >= 11 is 1.56. The summed E-state index contributed by atoms with van der Waals surface area (Å²) in [6, 6.07) is 1.92. The van der Waals surface area contributed by atoms with E-state index in [9.17, 15) is 8.42 Å². The van der Waals surface area contributed by atoms with E-state index in [1.54, 1.807) is 18.4 Å². The van der Waals surface area contributed by atoms with Gasteiger partial charge in [-0.1, -0.05) is 0 Å². The zero-order valence-corrected chi connectivity index (χ0v) is 10.9. The van der Waals surface area contributed by atoms with Gasteiger partial charge in [0.05, 0.1) is 5.75 Å². The summed E-state index contributed by atoms with van der Waals surface area (Å²) in [5.41, 5.74) is 1.01. The molecule has 0 aliphatic carbocycles. The molecule has 0 amide bonds. The largest absolute Gasteiger partial charge is 0.396 e. The van der Waals surface area contributed by atoms with Gasteiger partial charge in [0.15, 0.2) is 0 Å². The van der Waals surface area contributed by atoms with E-state index in [2.05, 4.69) is 0 Å². The second-order valence-corrected chi connectivity index (χ2v) is 6.61. The number of aliphatic hydroxyl groups excluding tert-OH is 1. The van der Waals surface area contributed by atoms with Gasteiger partial charge < -0.3 is 5.11 Å². The minimum Gasteiger partial charge on any atom is -0.396 e. The molecular weight excluding hydrogens is 246 g/mol. The van der Waals surface area contributed by atoms with Gasteiger partial charge in [-0.15, -0.1) is 0 Å². The fourth-order valence-corrected chi connectivity index (χ4v) is 3.18. The van der Waals surface area contributed by atoms with E-state index < -0.39 is 10.0 Å². The van der Waals surface area contributed by atoms with E-state index in [1.165, 1.54) is 4.31 Å². The summed E-state index contributed by atoms with van der Waals surface area (Å²) in [6.07, 6.45) is 1.04. The average Bonchev–Trinajstić information content (AvgIpc) is 2.70. The van der Waals surface area contributed by atoms with Gasteiger partial charge in [-0.05, 0) is 35.2 Å². The number of thiophene rings is 1. The number of sulfonamides is 1. The van der Waals surface area contributed by atoms with Crippen molar-refractivity contribution >= 4 is 21.4 Å². The first kappa shape index (κ1) is 13.6. The number of rotatable bonds is 7. The Morgan fingerprint density at radius 1 is 1.44 bits per heavy atom. The molecule has 1 aromatic rings. The Bertz CT molecular complexity index is 386. The molecule has 0 unspecified atom stereocenters. The molecule has 0 bridgehead atoms. The minimum atomic E-state index is -3.18. The molecule has 0 saturated carbocycles. The lowest BCUT2D eigenvalue weighted by Gasteiger charge is -2.16. The quantitative estimate of drug-likeness (QED) is 0.754. The summed E-state index contributed by atoms with van der Waals surface area (Å²) in [6.45, 7) is 0.467.